The number of carbonyl (C=O) groups excluding carboxylic acids is 1. The Bertz CT molecular complexity index is 415. The molecule has 1 aromatic carbocycles. The molecule has 4 heteroatoms. The molecule has 0 radical (unpaired) electrons. The van der Waals surface area contributed by atoms with Gasteiger partial charge in [0.25, 0.3) is 0 Å². The van der Waals surface area contributed by atoms with Gasteiger partial charge in [-0.25, -0.2) is 0 Å². The molecule has 1 aliphatic rings. The number of aldehydes is 1. The molecule has 0 atom stereocenters. The third kappa shape index (κ3) is 1.87. The van der Waals surface area contributed by atoms with Crippen LogP contribution in [0.2, 0.25) is 5.02 Å². The van der Waals surface area contributed by atoms with Crippen molar-refractivity contribution >= 4 is 17.9 Å². The number of fused-ring (bicyclic) bond motifs is 1. The highest BCUT2D eigenvalue weighted by atomic mass is 35.5. The Balaban J connectivity index is 2.61. The van der Waals surface area contributed by atoms with Gasteiger partial charge in [0.1, 0.15) is 0 Å². The molecule has 0 bridgehead atoms. The number of carbonyl (C=O) groups is 1. The van der Waals surface area contributed by atoms with Gasteiger partial charge in [0.05, 0.1) is 18.2 Å². The number of ether oxygens (including phenoxy) is 2. The van der Waals surface area contributed by atoms with E-state index in [1.54, 1.807) is 6.07 Å². The first-order chi connectivity index (χ1) is 7.77. The third-order valence-corrected chi connectivity index (χ3v) is 2.87. The van der Waals surface area contributed by atoms with Crippen LogP contribution in [-0.2, 0) is 6.42 Å². The maximum absolute atomic E-state index is 11.0. The average Bonchev–Trinajstić information content (AvgIpc) is 2.54. The fourth-order valence-electron chi connectivity index (χ4n) is 1.83. The fourth-order valence-corrected chi connectivity index (χ4v) is 2.09. The Morgan fingerprint density at radius 1 is 1.38 bits per heavy atom. The molecule has 1 aliphatic heterocycles. The Kier molecular flexibility index (Phi) is 3.34. The van der Waals surface area contributed by atoms with Crippen LogP contribution >= 0.6 is 11.6 Å². The molecule has 86 valence electrons. The second-order valence-corrected chi connectivity index (χ2v) is 4.01. The van der Waals surface area contributed by atoms with Crippen LogP contribution in [-0.4, -0.2) is 19.5 Å². The highest BCUT2D eigenvalue weighted by molar-refractivity contribution is 6.32. The van der Waals surface area contributed by atoms with Crippen LogP contribution in [0.3, 0.4) is 0 Å². The minimum Gasteiger partial charge on any atom is -0.489 e. The van der Waals surface area contributed by atoms with E-state index in [-0.39, 0.29) is 0 Å². The number of rotatable bonds is 2. The Morgan fingerprint density at radius 3 is 2.69 bits per heavy atom. The van der Waals surface area contributed by atoms with Gasteiger partial charge < -0.3 is 9.47 Å². The van der Waals surface area contributed by atoms with Crippen LogP contribution in [0.4, 0.5) is 0 Å². The lowest BCUT2D eigenvalue weighted by molar-refractivity contribution is 0.112. The van der Waals surface area contributed by atoms with E-state index in [1.165, 1.54) is 0 Å². The molecule has 3 nitrogen and oxygen atoms in total. The van der Waals surface area contributed by atoms with Gasteiger partial charge in [0, 0.05) is 17.5 Å². The molecule has 1 heterocycles. The zero-order valence-electron chi connectivity index (χ0n) is 9.09. The molecule has 0 fully saturated rings. The summed E-state index contributed by atoms with van der Waals surface area (Å²) in [6.45, 7) is 3.17. The quantitative estimate of drug-likeness (QED) is 0.746. The van der Waals surface area contributed by atoms with Crippen LogP contribution in [0.5, 0.6) is 11.5 Å². The molecule has 0 aliphatic carbocycles. The van der Waals surface area contributed by atoms with Crippen LogP contribution in [0.25, 0.3) is 0 Å². The molecule has 2 rings (SSSR count). The van der Waals surface area contributed by atoms with Crippen molar-refractivity contribution in [1.29, 1.82) is 0 Å². The molecule has 0 aromatic heterocycles. The standard InChI is InChI=1S/C12H13ClO3/c1-2-9-8(7-14)6-10(13)12-11(9)15-4-3-5-16-12/h6-7H,2-5H2,1H3. The molecule has 0 saturated heterocycles. The van der Waals surface area contributed by atoms with Crippen molar-refractivity contribution in [1.82, 2.24) is 0 Å². The lowest BCUT2D eigenvalue weighted by Crippen LogP contribution is -2.01. The summed E-state index contributed by atoms with van der Waals surface area (Å²) < 4.78 is 11.2. The van der Waals surface area contributed by atoms with Gasteiger partial charge in [-0.05, 0) is 12.5 Å². The second kappa shape index (κ2) is 4.74. The first kappa shape index (κ1) is 11.3. The molecule has 16 heavy (non-hydrogen) atoms. The van der Waals surface area contributed by atoms with E-state index < -0.39 is 0 Å². The minimum atomic E-state index is 0.441. The lowest BCUT2D eigenvalue weighted by atomic mass is 10.0. The predicted molar refractivity (Wildman–Crippen MR) is 61.8 cm³/mol. The maximum Gasteiger partial charge on any atom is 0.180 e. The molecular weight excluding hydrogens is 228 g/mol. The predicted octanol–water partition coefficient (Wildman–Crippen LogP) is 2.88. The molecular formula is C12H13ClO3. The monoisotopic (exact) mass is 240 g/mol. The van der Waals surface area contributed by atoms with Gasteiger partial charge in [0.15, 0.2) is 17.8 Å². The number of halogens is 1. The summed E-state index contributed by atoms with van der Waals surface area (Å²) in [5.74, 6) is 1.20. The largest absolute Gasteiger partial charge is 0.489 e. The zero-order chi connectivity index (χ0) is 11.5. The smallest absolute Gasteiger partial charge is 0.180 e. The Morgan fingerprint density at radius 2 is 2.06 bits per heavy atom. The molecule has 0 unspecified atom stereocenters. The first-order valence-electron chi connectivity index (χ1n) is 5.34. The van der Waals surface area contributed by atoms with E-state index in [2.05, 4.69) is 0 Å². The van der Waals surface area contributed by atoms with Crippen molar-refractivity contribution < 1.29 is 14.3 Å². The van der Waals surface area contributed by atoms with E-state index in [0.717, 1.165) is 24.7 Å². The maximum atomic E-state index is 11.0. The van der Waals surface area contributed by atoms with Gasteiger partial charge in [-0.3, -0.25) is 4.79 Å². The lowest BCUT2D eigenvalue weighted by Gasteiger charge is -2.14. The minimum absolute atomic E-state index is 0.441. The van der Waals surface area contributed by atoms with Crippen molar-refractivity contribution in [2.75, 3.05) is 13.2 Å². The van der Waals surface area contributed by atoms with Gasteiger partial charge in [0.2, 0.25) is 0 Å². The van der Waals surface area contributed by atoms with Crippen molar-refractivity contribution in [3.63, 3.8) is 0 Å². The highest BCUT2D eigenvalue weighted by Gasteiger charge is 2.20. The van der Waals surface area contributed by atoms with Crippen LogP contribution in [0.1, 0.15) is 29.3 Å². The van der Waals surface area contributed by atoms with Gasteiger partial charge in [-0.1, -0.05) is 18.5 Å². The molecule has 0 N–H and O–H groups in total. The summed E-state index contributed by atoms with van der Waals surface area (Å²) >= 11 is 6.06. The fraction of sp³-hybridized carbons (Fsp3) is 0.417. The van der Waals surface area contributed by atoms with E-state index in [4.69, 9.17) is 21.1 Å². The number of benzene rings is 1. The van der Waals surface area contributed by atoms with E-state index in [1.807, 2.05) is 6.92 Å². The van der Waals surface area contributed by atoms with Crippen LogP contribution in [0, 0.1) is 0 Å². The van der Waals surface area contributed by atoms with Gasteiger partial charge in [-0.15, -0.1) is 0 Å². The zero-order valence-corrected chi connectivity index (χ0v) is 9.84. The topological polar surface area (TPSA) is 35.5 Å². The number of hydrogen-bond acceptors (Lipinski definition) is 3. The van der Waals surface area contributed by atoms with Crippen molar-refractivity contribution in [2.24, 2.45) is 0 Å². The summed E-state index contributed by atoms with van der Waals surface area (Å²) in [4.78, 5) is 11.0. The SMILES string of the molecule is CCc1c(C=O)cc(Cl)c2c1OCCCO2. The number of hydrogen-bond donors (Lipinski definition) is 0. The van der Waals surface area contributed by atoms with Crippen molar-refractivity contribution in [3.05, 3.63) is 22.2 Å². The Labute approximate surface area is 99.3 Å². The van der Waals surface area contributed by atoms with Crippen molar-refractivity contribution in [3.8, 4) is 11.5 Å². The highest BCUT2D eigenvalue weighted by Crippen LogP contribution is 2.41. The van der Waals surface area contributed by atoms with Gasteiger partial charge >= 0.3 is 0 Å². The summed E-state index contributed by atoms with van der Waals surface area (Å²) in [5.41, 5.74) is 1.45. The molecule has 0 spiro atoms. The van der Waals surface area contributed by atoms with E-state index >= 15 is 0 Å². The van der Waals surface area contributed by atoms with Gasteiger partial charge in [-0.2, -0.15) is 0 Å². The third-order valence-electron chi connectivity index (χ3n) is 2.59. The molecule has 0 saturated carbocycles. The van der Waals surface area contributed by atoms with Crippen LogP contribution in [0.15, 0.2) is 6.07 Å². The van der Waals surface area contributed by atoms with E-state index in [0.29, 0.717) is 35.3 Å². The van der Waals surface area contributed by atoms with Crippen LogP contribution < -0.4 is 9.47 Å². The van der Waals surface area contributed by atoms with E-state index in [9.17, 15) is 4.79 Å². The summed E-state index contributed by atoms with van der Waals surface area (Å²) in [6, 6.07) is 1.64. The molecule has 0 amide bonds. The second-order valence-electron chi connectivity index (χ2n) is 3.61. The average molecular weight is 241 g/mol. The Hall–Kier alpha value is -1.22. The normalized spacial score (nSPS) is 14.4. The van der Waals surface area contributed by atoms with Crippen molar-refractivity contribution in [2.45, 2.75) is 19.8 Å². The summed E-state index contributed by atoms with van der Waals surface area (Å²) in [7, 11) is 0. The summed E-state index contributed by atoms with van der Waals surface area (Å²) in [5, 5.41) is 0.441. The molecule has 1 aromatic rings. The summed E-state index contributed by atoms with van der Waals surface area (Å²) in [6.07, 6.45) is 2.35. The first-order valence-corrected chi connectivity index (χ1v) is 5.71.